The van der Waals surface area contributed by atoms with Crippen LogP contribution in [-0.2, 0) is 11.2 Å². The Kier molecular flexibility index (Phi) is 4.36. The number of aromatic nitrogens is 2. The van der Waals surface area contributed by atoms with Gasteiger partial charge in [0.1, 0.15) is 0 Å². The highest BCUT2D eigenvalue weighted by Crippen LogP contribution is 2.52. The summed E-state index contributed by atoms with van der Waals surface area (Å²) in [6, 6.07) is 0.264. The van der Waals surface area contributed by atoms with Crippen molar-refractivity contribution in [2.45, 2.75) is 77.0 Å². The van der Waals surface area contributed by atoms with Gasteiger partial charge in [-0.05, 0) is 63.7 Å². The highest BCUT2D eigenvalue weighted by atomic mass is 16.5. The van der Waals surface area contributed by atoms with E-state index in [2.05, 4.69) is 15.5 Å². The van der Waals surface area contributed by atoms with Crippen molar-refractivity contribution in [2.75, 3.05) is 6.61 Å². The lowest BCUT2D eigenvalue weighted by Crippen LogP contribution is -2.52. The lowest BCUT2D eigenvalue weighted by Gasteiger charge is -2.51. The van der Waals surface area contributed by atoms with Gasteiger partial charge < -0.3 is 15.2 Å². The Hall–Kier alpha value is -1.40. The van der Waals surface area contributed by atoms with Gasteiger partial charge in [-0.25, -0.2) is 0 Å². The first-order valence-corrected chi connectivity index (χ1v) is 9.64. The number of carbonyl (C=O) groups excluding carboxylic acids is 1. The highest BCUT2D eigenvalue weighted by molar-refractivity contribution is 5.94. The second-order valence-electron chi connectivity index (χ2n) is 8.46. The van der Waals surface area contributed by atoms with Crippen molar-refractivity contribution in [3.63, 3.8) is 0 Å². The number of rotatable bonds is 3. The van der Waals surface area contributed by atoms with Crippen LogP contribution in [0.1, 0.15) is 80.2 Å². The van der Waals surface area contributed by atoms with Crippen LogP contribution in [0.3, 0.4) is 0 Å². The van der Waals surface area contributed by atoms with Crippen LogP contribution in [0.25, 0.3) is 0 Å². The first kappa shape index (κ1) is 17.0. The minimum absolute atomic E-state index is 0.0403. The van der Waals surface area contributed by atoms with Gasteiger partial charge in [0.25, 0.3) is 5.91 Å². The number of hydrogen-bond donors (Lipinski definition) is 3. The Morgan fingerprint density at radius 2 is 2.08 bits per heavy atom. The van der Waals surface area contributed by atoms with Crippen LogP contribution < -0.4 is 5.32 Å². The zero-order valence-corrected chi connectivity index (χ0v) is 15.2. The minimum Gasteiger partial charge on any atom is -0.396 e. The number of hydrogen-bond acceptors (Lipinski definition) is 4. The Morgan fingerprint density at radius 3 is 2.76 bits per heavy atom. The summed E-state index contributed by atoms with van der Waals surface area (Å²) < 4.78 is 5.79. The van der Waals surface area contributed by atoms with Crippen molar-refractivity contribution in [3.05, 3.63) is 17.0 Å². The number of nitrogens with zero attached hydrogens (tertiary/aromatic N) is 1. The molecule has 2 aliphatic carbocycles. The molecule has 1 amide bonds. The molecule has 0 bridgehead atoms. The highest BCUT2D eigenvalue weighted by Gasteiger charge is 2.46. The Morgan fingerprint density at radius 1 is 1.36 bits per heavy atom. The molecule has 0 unspecified atom stereocenters. The van der Waals surface area contributed by atoms with E-state index in [1.807, 2.05) is 13.8 Å². The number of carbonyl (C=O) groups is 1. The maximum absolute atomic E-state index is 12.7. The quantitative estimate of drug-likeness (QED) is 0.784. The first-order chi connectivity index (χ1) is 12.0. The average Bonchev–Trinajstić information content (AvgIpc) is 2.98. The van der Waals surface area contributed by atoms with Crippen molar-refractivity contribution in [2.24, 2.45) is 11.3 Å². The van der Waals surface area contributed by atoms with Gasteiger partial charge >= 0.3 is 0 Å². The van der Waals surface area contributed by atoms with E-state index in [-0.39, 0.29) is 24.2 Å². The molecule has 3 N–H and O–H groups in total. The fraction of sp³-hybridized carbons (Fsp3) is 0.789. The second kappa shape index (κ2) is 6.40. The molecular formula is C19H29N3O3. The summed E-state index contributed by atoms with van der Waals surface area (Å²) in [6.07, 6.45) is 7.57. The smallest absolute Gasteiger partial charge is 0.272 e. The summed E-state index contributed by atoms with van der Waals surface area (Å²) in [5, 5.41) is 19.7. The van der Waals surface area contributed by atoms with Gasteiger partial charge in [0.05, 0.1) is 17.9 Å². The molecule has 6 heteroatoms. The topological polar surface area (TPSA) is 87.2 Å². The molecule has 1 aliphatic heterocycles. The van der Waals surface area contributed by atoms with Gasteiger partial charge in [-0.3, -0.25) is 9.89 Å². The fourth-order valence-corrected chi connectivity index (χ4v) is 5.08. The van der Waals surface area contributed by atoms with Crippen LogP contribution in [0, 0.1) is 11.3 Å². The molecule has 0 aromatic carbocycles. The second-order valence-corrected chi connectivity index (χ2v) is 8.46. The maximum atomic E-state index is 12.7. The largest absolute Gasteiger partial charge is 0.396 e. The normalized spacial score (nSPS) is 37.4. The number of fused-ring (bicyclic) bond motifs is 1. The van der Waals surface area contributed by atoms with Crippen molar-refractivity contribution in [1.82, 2.24) is 15.5 Å². The lowest BCUT2D eigenvalue weighted by atomic mass is 9.57. The van der Waals surface area contributed by atoms with Crippen molar-refractivity contribution < 1.29 is 14.6 Å². The molecule has 2 heterocycles. The molecular weight excluding hydrogens is 318 g/mol. The van der Waals surface area contributed by atoms with Crippen LogP contribution in [-0.4, -0.2) is 40.0 Å². The molecule has 1 aromatic heterocycles. The molecule has 6 nitrogen and oxygen atoms in total. The first-order valence-electron chi connectivity index (χ1n) is 9.64. The van der Waals surface area contributed by atoms with Crippen LogP contribution in [0.2, 0.25) is 0 Å². The number of ether oxygens (including phenoxy) is 1. The molecule has 3 aliphatic rings. The number of H-pyrrole nitrogens is 1. The van der Waals surface area contributed by atoms with E-state index < -0.39 is 0 Å². The average molecular weight is 347 g/mol. The molecule has 1 aromatic rings. The van der Waals surface area contributed by atoms with Gasteiger partial charge in [-0.2, -0.15) is 5.10 Å². The summed E-state index contributed by atoms with van der Waals surface area (Å²) in [4.78, 5) is 12.7. The van der Waals surface area contributed by atoms with Crippen molar-refractivity contribution >= 4 is 5.91 Å². The van der Waals surface area contributed by atoms with E-state index in [0.29, 0.717) is 23.6 Å². The summed E-state index contributed by atoms with van der Waals surface area (Å²) >= 11 is 0. The van der Waals surface area contributed by atoms with Gasteiger partial charge in [-0.15, -0.1) is 0 Å². The van der Waals surface area contributed by atoms with E-state index >= 15 is 0 Å². The fourth-order valence-electron chi connectivity index (χ4n) is 5.08. The zero-order chi connectivity index (χ0) is 17.6. The van der Waals surface area contributed by atoms with Gasteiger partial charge in [0, 0.05) is 24.6 Å². The van der Waals surface area contributed by atoms with Crippen molar-refractivity contribution in [3.8, 4) is 0 Å². The molecule has 25 heavy (non-hydrogen) atoms. The number of aliphatic hydroxyl groups excluding tert-OH is 1. The van der Waals surface area contributed by atoms with E-state index in [1.54, 1.807) is 0 Å². The number of nitrogens with one attached hydrogen (secondary N) is 2. The number of amides is 1. The summed E-state index contributed by atoms with van der Waals surface area (Å²) in [5.74, 6) is 0.434. The lowest BCUT2D eigenvalue weighted by molar-refractivity contribution is -0.00702. The molecule has 1 spiro atoms. The van der Waals surface area contributed by atoms with E-state index in [9.17, 15) is 9.90 Å². The molecule has 2 saturated carbocycles. The molecule has 2 fully saturated rings. The van der Waals surface area contributed by atoms with Crippen LogP contribution in [0.5, 0.6) is 0 Å². The van der Waals surface area contributed by atoms with Crippen molar-refractivity contribution in [1.29, 1.82) is 0 Å². The number of aliphatic hydroxyl groups is 1. The summed E-state index contributed by atoms with van der Waals surface area (Å²) in [7, 11) is 0. The van der Waals surface area contributed by atoms with Gasteiger partial charge in [0.2, 0.25) is 0 Å². The predicted octanol–water partition coefficient (Wildman–Crippen LogP) is 2.49. The van der Waals surface area contributed by atoms with Gasteiger partial charge in [-0.1, -0.05) is 0 Å². The number of aromatic amines is 1. The third-order valence-electron chi connectivity index (χ3n) is 6.57. The van der Waals surface area contributed by atoms with Crippen LogP contribution >= 0.6 is 0 Å². The third-order valence-corrected chi connectivity index (χ3v) is 6.57. The Balaban J connectivity index is 1.35. The predicted molar refractivity (Wildman–Crippen MR) is 93.2 cm³/mol. The Bertz CT molecular complexity index is 640. The maximum Gasteiger partial charge on any atom is 0.272 e. The third kappa shape index (κ3) is 3.10. The van der Waals surface area contributed by atoms with E-state index in [1.165, 1.54) is 12.8 Å². The van der Waals surface area contributed by atoms with E-state index in [4.69, 9.17) is 4.74 Å². The molecule has 0 saturated heterocycles. The molecule has 138 valence electrons. The molecule has 0 radical (unpaired) electrons. The molecule has 4 rings (SSSR count). The Labute approximate surface area is 148 Å². The van der Waals surface area contributed by atoms with Crippen LogP contribution in [0.4, 0.5) is 0 Å². The monoisotopic (exact) mass is 347 g/mol. The van der Waals surface area contributed by atoms with E-state index in [0.717, 1.165) is 43.4 Å². The molecule has 2 atom stereocenters. The SMILES string of the molecule is C[C@@H]1Cc2c(C(=O)NC3CC4(CCC(CO)CC4)C3)n[nH]c2[C@H](C)O1. The standard InChI is InChI=1S/C19H29N3O3/c1-11-7-15-16(12(2)25-11)21-22-17(15)18(24)20-14-8-19(9-14)5-3-13(10-23)4-6-19/h11-14,23H,3-10H2,1-2H3,(H,20,24)(H,21,22)/t11-,12+,13?,14?,19?/m1/s1. The van der Waals surface area contributed by atoms with Crippen LogP contribution in [0.15, 0.2) is 0 Å². The minimum atomic E-state index is -0.0531. The summed E-state index contributed by atoms with van der Waals surface area (Å²) in [5.41, 5.74) is 2.91. The van der Waals surface area contributed by atoms with Gasteiger partial charge in [0.15, 0.2) is 5.69 Å². The summed E-state index contributed by atoms with van der Waals surface area (Å²) in [6.45, 7) is 4.35. The zero-order valence-electron chi connectivity index (χ0n) is 15.2.